The van der Waals surface area contributed by atoms with E-state index in [0.29, 0.717) is 18.1 Å². The highest BCUT2D eigenvalue weighted by Gasteiger charge is 2.26. The molecule has 1 N–H and O–H groups in total. The number of anilines is 1. The number of carbonyl (C=O) groups is 1. The summed E-state index contributed by atoms with van der Waals surface area (Å²) in [7, 11) is -3.51. The van der Waals surface area contributed by atoms with Crippen LogP contribution in [0.5, 0.6) is 0 Å². The first-order chi connectivity index (χ1) is 15.9. The summed E-state index contributed by atoms with van der Waals surface area (Å²) in [4.78, 5) is 17.4. The molecule has 1 saturated heterocycles. The summed E-state index contributed by atoms with van der Waals surface area (Å²) < 4.78 is 27.1. The summed E-state index contributed by atoms with van der Waals surface area (Å²) in [6.07, 6.45) is 4.23. The van der Waals surface area contributed by atoms with Crippen molar-refractivity contribution >= 4 is 33.4 Å². The molecule has 2 aromatic carbocycles. The monoisotopic (exact) mass is 481 g/mol. The molecule has 1 fully saturated rings. The van der Waals surface area contributed by atoms with Gasteiger partial charge in [0.15, 0.2) is 0 Å². The molecule has 2 heterocycles. The highest BCUT2D eigenvalue weighted by atomic mass is 32.2. The first-order valence-corrected chi connectivity index (χ1v) is 13.4. The molecule has 3 aromatic rings. The Hall–Kier alpha value is -2.68. The molecule has 1 aliphatic heterocycles. The molecule has 0 saturated carbocycles. The number of nitrogens with one attached hydrogen (secondary N) is 1. The van der Waals surface area contributed by atoms with E-state index in [1.165, 1.54) is 22.3 Å². The first kappa shape index (κ1) is 23.5. The summed E-state index contributed by atoms with van der Waals surface area (Å²) in [6, 6.07) is 20.8. The van der Waals surface area contributed by atoms with Crippen molar-refractivity contribution < 1.29 is 13.2 Å². The maximum Gasteiger partial charge on any atom is 0.244 e. The minimum absolute atomic E-state index is 0.143. The molecular weight excluding hydrogens is 454 g/mol. The van der Waals surface area contributed by atoms with Crippen molar-refractivity contribution in [3.8, 4) is 11.1 Å². The molecule has 6 nitrogen and oxygen atoms in total. The number of sulfonamides is 1. The number of thioether (sulfide) groups is 1. The topological polar surface area (TPSA) is 79.4 Å². The van der Waals surface area contributed by atoms with Gasteiger partial charge in [-0.1, -0.05) is 66.7 Å². The average Bonchev–Trinajstić information content (AvgIpc) is 2.86. The van der Waals surface area contributed by atoms with Gasteiger partial charge in [-0.3, -0.25) is 4.79 Å². The van der Waals surface area contributed by atoms with Crippen molar-refractivity contribution in [2.24, 2.45) is 0 Å². The average molecular weight is 482 g/mol. The minimum atomic E-state index is -3.51. The Morgan fingerprint density at radius 1 is 0.970 bits per heavy atom. The third kappa shape index (κ3) is 5.63. The number of hydrogen-bond acceptors (Lipinski definition) is 5. The number of piperidine rings is 1. The van der Waals surface area contributed by atoms with Gasteiger partial charge in [0.1, 0.15) is 4.90 Å². The lowest BCUT2D eigenvalue weighted by atomic mass is 10.0. The van der Waals surface area contributed by atoms with Gasteiger partial charge >= 0.3 is 0 Å². The molecule has 0 aliphatic carbocycles. The lowest BCUT2D eigenvalue weighted by Gasteiger charge is -2.25. The van der Waals surface area contributed by atoms with Gasteiger partial charge in [-0.05, 0) is 43.5 Å². The zero-order valence-corrected chi connectivity index (χ0v) is 20.1. The van der Waals surface area contributed by atoms with Crippen molar-refractivity contribution in [3.05, 3.63) is 72.9 Å². The van der Waals surface area contributed by atoms with Crippen LogP contribution in [-0.4, -0.2) is 42.0 Å². The van der Waals surface area contributed by atoms with Crippen molar-refractivity contribution in [2.75, 3.05) is 18.4 Å². The van der Waals surface area contributed by atoms with Crippen LogP contribution in [0.2, 0.25) is 0 Å². The van der Waals surface area contributed by atoms with Crippen molar-refractivity contribution in [2.45, 2.75) is 41.4 Å². The number of rotatable bonds is 7. The Bertz CT molecular complexity index is 1190. The summed E-state index contributed by atoms with van der Waals surface area (Å²) >= 11 is 1.30. The van der Waals surface area contributed by atoms with E-state index in [4.69, 9.17) is 0 Å². The molecule has 0 unspecified atom stereocenters. The third-order valence-electron chi connectivity index (χ3n) is 5.60. The number of aromatic nitrogens is 1. The van der Waals surface area contributed by atoms with Crippen LogP contribution in [0, 0.1) is 0 Å². The number of carbonyl (C=O) groups excluding carboxylic acids is 1. The normalized spacial score (nSPS) is 15.7. The summed E-state index contributed by atoms with van der Waals surface area (Å²) in [5.74, 6) is -0.143. The largest absolute Gasteiger partial charge is 0.325 e. The van der Waals surface area contributed by atoms with Gasteiger partial charge in [0, 0.05) is 30.5 Å². The maximum absolute atomic E-state index is 12.9. The Labute approximate surface area is 199 Å². The molecule has 1 aromatic heterocycles. The smallest absolute Gasteiger partial charge is 0.244 e. The van der Waals surface area contributed by atoms with E-state index in [-0.39, 0.29) is 10.8 Å². The second-order valence-corrected chi connectivity index (χ2v) is 11.3. The predicted octanol–water partition coefficient (Wildman–Crippen LogP) is 5.04. The summed E-state index contributed by atoms with van der Waals surface area (Å²) in [5, 5.41) is 3.21. The Morgan fingerprint density at radius 3 is 2.36 bits per heavy atom. The number of amides is 1. The van der Waals surface area contributed by atoms with Gasteiger partial charge in [0.25, 0.3) is 0 Å². The van der Waals surface area contributed by atoms with E-state index >= 15 is 0 Å². The molecule has 1 aliphatic rings. The number of pyridine rings is 1. The van der Waals surface area contributed by atoms with Gasteiger partial charge in [0.2, 0.25) is 15.9 Å². The molecule has 4 rings (SSSR count). The van der Waals surface area contributed by atoms with E-state index in [1.807, 2.05) is 61.5 Å². The second kappa shape index (κ2) is 10.5. The molecular formula is C25H27N3O3S2. The number of benzene rings is 2. The maximum atomic E-state index is 12.9. The van der Waals surface area contributed by atoms with Crippen LogP contribution in [0.25, 0.3) is 11.1 Å². The molecule has 1 atom stereocenters. The van der Waals surface area contributed by atoms with Crippen molar-refractivity contribution in [3.63, 3.8) is 0 Å². The van der Waals surface area contributed by atoms with Gasteiger partial charge in [-0.2, -0.15) is 4.31 Å². The quantitative estimate of drug-likeness (QED) is 0.478. The lowest BCUT2D eigenvalue weighted by molar-refractivity contribution is -0.115. The molecule has 0 bridgehead atoms. The first-order valence-electron chi connectivity index (χ1n) is 11.0. The van der Waals surface area contributed by atoms with Gasteiger partial charge in [-0.15, -0.1) is 0 Å². The van der Waals surface area contributed by atoms with E-state index in [1.54, 1.807) is 12.1 Å². The van der Waals surface area contributed by atoms with Crippen molar-refractivity contribution in [1.82, 2.24) is 9.29 Å². The van der Waals surface area contributed by atoms with Crippen molar-refractivity contribution in [1.29, 1.82) is 0 Å². The van der Waals surface area contributed by atoms with E-state index < -0.39 is 15.3 Å². The van der Waals surface area contributed by atoms with Crippen LogP contribution in [0.4, 0.5) is 5.69 Å². The minimum Gasteiger partial charge on any atom is -0.325 e. The molecule has 0 radical (unpaired) electrons. The van der Waals surface area contributed by atoms with E-state index in [2.05, 4.69) is 10.3 Å². The second-order valence-electron chi connectivity index (χ2n) is 7.96. The fraction of sp³-hybridized carbons (Fsp3) is 0.280. The Morgan fingerprint density at radius 2 is 1.67 bits per heavy atom. The van der Waals surface area contributed by atoms with Crippen LogP contribution in [0.3, 0.4) is 0 Å². The van der Waals surface area contributed by atoms with Gasteiger partial charge < -0.3 is 5.32 Å². The SMILES string of the molecule is C[C@@H](Sc1ccc(S(=O)(=O)N2CCCCC2)cn1)C(=O)Nc1ccccc1-c1ccccc1. The van der Waals surface area contributed by atoms with E-state index in [0.717, 1.165) is 36.1 Å². The molecule has 8 heteroatoms. The lowest BCUT2D eigenvalue weighted by Crippen LogP contribution is -2.35. The summed E-state index contributed by atoms with van der Waals surface area (Å²) in [6.45, 7) is 2.92. The van der Waals surface area contributed by atoms with Crippen LogP contribution in [0.15, 0.2) is 82.8 Å². The zero-order valence-electron chi connectivity index (χ0n) is 18.5. The number of hydrogen-bond donors (Lipinski definition) is 1. The van der Waals surface area contributed by atoms with Crippen LogP contribution in [-0.2, 0) is 14.8 Å². The highest BCUT2D eigenvalue weighted by Crippen LogP contribution is 2.29. The number of nitrogens with zero attached hydrogens (tertiary/aromatic N) is 2. The third-order valence-corrected chi connectivity index (χ3v) is 8.53. The zero-order chi connectivity index (χ0) is 23.3. The van der Waals surface area contributed by atoms with Gasteiger partial charge in [-0.25, -0.2) is 13.4 Å². The standard InChI is InChI=1S/C25H27N3O3S2/c1-19(25(29)27-23-13-7-6-12-22(23)20-10-4-2-5-11-20)32-24-15-14-21(18-26-24)33(30,31)28-16-8-3-9-17-28/h2,4-7,10-15,18-19H,3,8-9,16-17H2,1H3,(H,27,29)/t19-/m1/s1. The molecule has 1 amide bonds. The van der Waals surface area contributed by atoms with Gasteiger partial charge in [0.05, 0.1) is 10.3 Å². The summed E-state index contributed by atoms with van der Waals surface area (Å²) in [5.41, 5.74) is 2.73. The molecule has 0 spiro atoms. The number of para-hydroxylation sites is 1. The Kier molecular flexibility index (Phi) is 7.47. The van der Waals surface area contributed by atoms with Crippen LogP contribution < -0.4 is 5.32 Å². The molecule has 33 heavy (non-hydrogen) atoms. The fourth-order valence-corrected chi connectivity index (χ4v) is 6.03. The van der Waals surface area contributed by atoms with E-state index in [9.17, 15) is 13.2 Å². The van der Waals surface area contributed by atoms with Crippen LogP contribution >= 0.6 is 11.8 Å². The predicted molar refractivity (Wildman–Crippen MR) is 133 cm³/mol. The van der Waals surface area contributed by atoms with Crippen LogP contribution in [0.1, 0.15) is 26.2 Å². The fourth-order valence-electron chi connectivity index (χ4n) is 3.77. The molecule has 172 valence electrons. The highest BCUT2D eigenvalue weighted by molar-refractivity contribution is 8.00. The Balaban J connectivity index is 1.42.